The van der Waals surface area contributed by atoms with Crippen LogP contribution in [0, 0.1) is 12.8 Å². The fourth-order valence-corrected chi connectivity index (χ4v) is 2.57. The van der Waals surface area contributed by atoms with Gasteiger partial charge in [0, 0.05) is 10.0 Å². The molecular formula is C14H20BrClO. The van der Waals surface area contributed by atoms with Gasteiger partial charge >= 0.3 is 0 Å². The quantitative estimate of drug-likeness (QED) is 0.653. The zero-order valence-corrected chi connectivity index (χ0v) is 13.2. The minimum Gasteiger partial charge on any atom is -0.496 e. The Morgan fingerprint density at radius 3 is 2.59 bits per heavy atom. The summed E-state index contributed by atoms with van der Waals surface area (Å²) in [5, 5.41) is 0.0109. The van der Waals surface area contributed by atoms with Crippen molar-refractivity contribution in [1.82, 2.24) is 0 Å². The third-order valence-electron chi connectivity index (χ3n) is 3.15. The molecule has 1 aromatic rings. The highest BCUT2D eigenvalue weighted by atomic mass is 79.9. The first-order valence-corrected chi connectivity index (χ1v) is 7.20. The van der Waals surface area contributed by atoms with E-state index in [2.05, 4.69) is 35.8 Å². The molecule has 0 aliphatic heterocycles. The van der Waals surface area contributed by atoms with E-state index in [4.69, 9.17) is 16.3 Å². The number of rotatable bonds is 5. The van der Waals surface area contributed by atoms with Crippen molar-refractivity contribution in [3.8, 4) is 5.75 Å². The average molecular weight is 320 g/mol. The van der Waals surface area contributed by atoms with Crippen molar-refractivity contribution < 1.29 is 4.74 Å². The van der Waals surface area contributed by atoms with Gasteiger partial charge in [0.25, 0.3) is 0 Å². The summed E-state index contributed by atoms with van der Waals surface area (Å²) in [6.45, 7) is 6.47. The molecule has 17 heavy (non-hydrogen) atoms. The van der Waals surface area contributed by atoms with Crippen molar-refractivity contribution in [2.24, 2.45) is 5.92 Å². The SMILES string of the molecule is CCC(C)CC(Cl)c1cc(Br)c(C)cc1OC. The summed E-state index contributed by atoms with van der Waals surface area (Å²) >= 11 is 10.0. The van der Waals surface area contributed by atoms with Crippen molar-refractivity contribution in [2.45, 2.75) is 39.0 Å². The molecule has 1 nitrogen and oxygen atoms in total. The standard InChI is InChI=1S/C14H20BrClO/c1-5-9(2)6-13(16)11-8-12(15)10(3)7-14(11)17-4/h7-9,13H,5-6H2,1-4H3. The second-order valence-electron chi connectivity index (χ2n) is 4.56. The van der Waals surface area contributed by atoms with Crippen molar-refractivity contribution in [3.05, 3.63) is 27.7 Å². The van der Waals surface area contributed by atoms with Crippen molar-refractivity contribution in [2.75, 3.05) is 7.11 Å². The summed E-state index contributed by atoms with van der Waals surface area (Å²) in [7, 11) is 1.69. The van der Waals surface area contributed by atoms with Crippen molar-refractivity contribution >= 4 is 27.5 Å². The van der Waals surface area contributed by atoms with E-state index in [9.17, 15) is 0 Å². The van der Waals surface area contributed by atoms with Crippen LogP contribution in [0.5, 0.6) is 5.75 Å². The lowest BCUT2D eigenvalue weighted by Gasteiger charge is -2.18. The van der Waals surface area contributed by atoms with Crippen LogP contribution in [-0.4, -0.2) is 7.11 Å². The van der Waals surface area contributed by atoms with Crippen molar-refractivity contribution in [3.63, 3.8) is 0 Å². The number of hydrogen-bond donors (Lipinski definition) is 0. The zero-order valence-electron chi connectivity index (χ0n) is 10.9. The summed E-state index contributed by atoms with van der Waals surface area (Å²) in [5.41, 5.74) is 2.24. The fraction of sp³-hybridized carbons (Fsp3) is 0.571. The lowest BCUT2D eigenvalue weighted by Crippen LogP contribution is -2.02. The van der Waals surface area contributed by atoms with E-state index < -0.39 is 0 Å². The minimum atomic E-state index is 0.0109. The predicted octanol–water partition coefficient (Wildman–Crippen LogP) is 5.48. The highest BCUT2D eigenvalue weighted by Gasteiger charge is 2.17. The smallest absolute Gasteiger partial charge is 0.123 e. The topological polar surface area (TPSA) is 9.23 Å². The first-order chi connectivity index (χ1) is 7.99. The normalized spacial score (nSPS) is 14.5. The third-order valence-corrected chi connectivity index (χ3v) is 4.42. The van der Waals surface area contributed by atoms with Gasteiger partial charge in [0.05, 0.1) is 12.5 Å². The Hall–Kier alpha value is -0.210. The van der Waals surface area contributed by atoms with Gasteiger partial charge in [-0.25, -0.2) is 0 Å². The van der Waals surface area contributed by atoms with E-state index in [0.717, 1.165) is 34.2 Å². The number of ether oxygens (including phenoxy) is 1. The highest BCUT2D eigenvalue weighted by molar-refractivity contribution is 9.10. The third kappa shape index (κ3) is 3.89. The molecule has 0 aromatic heterocycles. The Morgan fingerprint density at radius 2 is 2.06 bits per heavy atom. The van der Waals surface area contributed by atoms with E-state index in [0.29, 0.717) is 5.92 Å². The number of methoxy groups -OCH3 is 1. The summed E-state index contributed by atoms with van der Waals surface area (Å²) in [6, 6.07) is 4.11. The number of aryl methyl sites for hydroxylation is 1. The molecule has 96 valence electrons. The van der Waals surface area contributed by atoms with Gasteiger partial charge in [-0.3, -0.25) is 0 Å². The van der Waals surface area contributed by atoms with Crippen LogP contribution in [0.15, 0.2) is 16.6 Å². The molecule has 2 atom stereocenters. The molecule has 1 rings (SSSR count). The zero-order chi connectivity index (χ0) is 13.0. The van der Waals surface area contributed by atoms with Crippen LogP contribution in [-0.2, 0) is 0 Å². The number of alkyl halides is 1. The molecule has 0 N–H and O–H groups in total. The highest BCUT2D eigenvalue weighted by Crippen LogP contribution is 2.37. The Bertz CT molecular complexity index is 379. The number of halogens is 2. The predicted molar refractivity (Wildman–Crippen MR) is 78.1 cm³/mol. The first kappa shape index (κ1) is 14.8. The molecular weight excluding hydrogens is 300 g/mol. The number of hydrogen-bond acceptors (Lipinski definition) is 1. The molecule has 0 saturated carbocycles. The molecule has 0 fully saturated rings. The van der Waals surface area contributed by atoms with Gasteiger partial charge in [-0.15, -0.1) is 11.6 Å². The van der Waals surface area contributed by atoms with Crippen LogP contribution in [0.3, 0.4) is 0 Å². The van der Waals surface area contributed by atoms with Crippen LogP contribution in [0.25, 0.3) is 0 Å². The number of benzene rings is 1. The molecule has 0 spiro atoms. The van der Waals surface area contributed by atoms with Gasteiger partial charge in [0.2, 0.25) is 0 Å². The summed E-state index contributed by atoms with van der Waals surface area (Å²) in [5.74, 6) is 1.51. The molecule has 0 bridgehead atoms. The van der Waals surface area contributed by atoms with Gasteiger partial charge in [-0.05, 0) is 37.0 Å². The van der Waals surface area contributed by atoms with Gasteiger partial charge in [-0.1, -0.05) is 36.2 Å². The lowest BCUT2D eigenvalue weighted by molar-refractivity contribution is 0.404. The van der Waals surface area contributed by atoms with Crippen LogP contribution in [0.4, 0.5) is 0 Å². The van der Waals surface area contributed by atoms with Crippen LogP contribution < -0.4 is 4.74 Å². The van der Waals surface area contributed by atoms with E-state index in [-0.39, 0.29) is 5.38 Å². The second kappa shape index (κ2) is 6.65. The largest absolute Gasteiger partial charge is 0.496 e. The van der Waals surface area contributed by atoms with E-state index in [1.165, 1.54) is 0 Å². The first-order valence-electron chi connectivity index (χ1n) is 5.97. The fourth-order valence-electron chi connectivity index (χ4n) is 1.74. The Kier molecular flexibility index (Phi) is 5.81. The monoisotopic (exact) mass is 318 g/mol. The maximum Gasteiger partial charge on any atom is 0.123 e. The van der Waals surface area contributed by atoms with Crippen molar-refractivity contribution in [1.29, 1.82) is 0 Å². The van der Waals surface area contributed by atoms with Crippen LogP contribution in [0.2, 0.25) is 0 Å². The molecule has 0 amide bonds. The van der Waals surface area contributed by atoms with Crippen LogP contribution >= 0.6 is 27.5 Å². The molecule has 3 heteroatoms. The summed E-state index contributed by atoms with van der Waals surface area (Å²) in [6.07, 6.45) is 2.13. The molecule has 0 aliphatic rings. The van der Waals surface area contributed by atoms with E-state index in [1.54, 1.807) is 7.11 Å². The molecule has 0 aliphatic carbocycles. The van der Waals surface area contributed by atoms with Gasteiger partial charge in [0.1, 0.15) is 5.75 Å². The summed E-state index contributed by atoms with van der Waals surface area (Å²) < 4.78 is 6.50. The van der Waals surface area contributed by atoms with E-state index in [1.807, 2.05) is 13.0 Å². The van der Waals surface area contributed by atoms with Gasteiger partial charge in [-0.2, -0.15) is 0 Å². The maximum atomic E-state index is 6.49. The molecule has 2 unspecified atom stereocenters. The Balaban J connectivity index is 2.99. The second-order valence-corrected chi connectivity index (χ2v) is 5.94. The van der Waals surface area contributed by atoms with Crippen LogP contribution in [0.1, 0.15) is 43.2 Å². The molecule has 0 saturated heterocycles. The molecule has 0 radical (unpaired) electrons. The summed E-state index contributed by atoms with van der Waals surface area (Å²) in [4.78, 5) is 0. The molecule has 1 aromatic carbocycles. The van der Waals surface area contributed by atoms with E-state index >= 15 is 0 Å². The minimum absolute atomic E-state index is 0.0109. The molecule has 0 heterocycles. The Morgan fingerprint density at radius 1 is 1.41 bits per heavy atom. The van der Waals surface area contributed by atoms with Gasteiger partial charge in [0.15, 0.2) is 0 Å². The lowest BCUT2D eigenvalue weighted by atomic mass is 9.97. The maximum absolute atomic E-state index is 6.49. The average Bonchev–Trinajstić information content (AvgIpc) is 2.31. The van der Waals surface area contributed by atoms with Gasteiger partial charge < -0.3 is 4.74 Å². The Labute approximate surface area is 118 Å².